The molecule has 3 N–H and O–H groups in total. The summed E-state index contributed by atoms with van der Waals surface area (Å²) in [6.07, 6.45) is 0. The topological polar surface area (TPSA) is 111 Å². The normalized spacial score (nSPS) is 10.6. The largest absolute Gasteiger partial charge is 0.507 e. The molecular formula is C10H7ClN4O3. The predicted molar refractivity (Wildman–Crippen MR) is 62.3 cm³/mol. The Bertz CT molecular complexity index is 625. The number of halogens is 1. The third-order valence-electron chi connectivity index (χ3n) is 1.90. The van der Waals surface area contributed by atoms with E-state index in [1.165, 1.54) is 12.1 Å². The molecule has 0 atom stereocenters. The average molecular weight is 268 g/mol. The van der Waals surface area contributed by atoms with Crippen molar-refractivity contribution in [3.05, 3.63) is 35.1 Å². The van der Waals surface area contributed by atoms with Crippen molar-refractivity contribution in [2.24, 2.45) is 0 Å². The van der Waals surface area contributed by atoms with Crippen LogP contribution in [0.1, 0.15) is 10.4 Å². The summed E-state index contributed by atoms with van der Waals surface area (Å²) in [5, 5.41) is 9.26. The van der Waals surface area contributed by atoms with Crippen LogP contribution < -0.4 is 10.5 Å². The molecule has 0 fully saturated rings. The highest BCUT2D eigenvalue weighted by Gasteiger charge is 2.15. The van der Waals surface area contributed by atoms with E-state index in [4.69, 9.17) is 17.7 Å². The number of para-hydroxylation sites is 1. The summed E-state index contributed by atoms with van der Waals surface area (Å²) < 4.78 is 11.7. The molecule has 92 valence electrons. The van der Waals surface area contributed by atoms with Crippen molar-refractivity contribution < 1.29 is 16.0 Å². The quantitative estimate of drug-likeness (QED) is 0.799. The van der Waals surface area contributed by atoms with E-state index in [0.29, 0.717) is 0 Å². The van der Waals surface area contributed by atoms with Crippen LogP contribution >= 0.6 is 11.6 Å². The van der Waals surface area contributed by atoms with Gasteiger partial charge in [-0.3, -0.25) is 0 Å². The number of aromatic nitrogens is 3. The number of nitrogens with zero attached hydrogens (tertiary/aromatic N) is 3. The number of nitrogens with two attached hydrogens (primary N) is 1. The summed E-state index contributed by atoms with van der Waals surface area (Å²) in [5.74, 6) is -1.25. The zero-order valence-electron chi connectivity index (χ0n) is 9.79. The fourth-order valence-corrected chi connectivity index (χ4v) is 1.31. The molecule has 7 nitrogen and oxygen atoms in total. The average Bonchev–Trinajstić information content (AvgIpc) is 2.38. The number of anilines is 1. The van der Waals surface area contributed by atoms with Crippen LogP contribution in [0.3, 0.4) is 0 Å². The van der Waals surface area contributed by atoms with Crippen LogP contribution in [-0.2, 0) is 0 Å². The molecular weight excluding hydrogens is 260 g/mol. The highest BCUT2D eigenvalue weighted by molar-refractivity contribution is 6.28. The Labute approximate surface area is 108 Å². The third kappa shape index (κ3) is 2.64. The second kappa shape index (κ2) is 4.84. The van der Waals surface area contributed by atoms with Gasteiger partial charge in [-0.15, -0.1) is 0 Å². The maximum atomic E-state index is 11.8. The van der Waals surface area contributed by atoms with Gasteiger partial charge in [0.05, 0.1) is 0 Å². The maximum absolute atomic E-state index is 11.8. The second-order valence-corrected chi connectivity index (χ2v) is 3.46. The maximum Gasteiger partial charge on any atom is 0.349 e. The molecule has 0 radical (unpaired) electrons. The van der Waals surface area contributed by atoms with E-state index in [9.17, 15) is 9.90 Å². The molecule has 0 unspecified atom stereocenters. The number of aromatic hydroxyl groups is 1. The summed E-state index contributed by atoms with van der Waals surface area (Å²) in [6, 6.07) is 5.47. The number of nitrogen functional groups attached to an aromatic ring is 1. The number of ether oxygens (including phenoxy) is 1. The van der Waals surface area contributed by atoms with E-state index in [1.807, 2.05) is 5.73 Å². The number of hydrogen-bond donors (Lipinski definition) is 2. The van der Waals surface area contributed by atoms with Gasteiger partial charge in [-0.1, -0.05) is 12.1 Å². The van der Waals surface area contributed by atoms with Crippen LogP contribution in [0, 0.1) is 0 Å². The van der Waals surface area contributed by atoms with Gasteiger partial charge in [-0.25, -0.2) is 4.79 Å². The molecule has 18 heavy (non-hydrogen) atoms. The van der Waals surface area contributed by atoms with Crippen molar-refractivity contribution in [1.82, 2.24) is 15.0 Å². The second-order valence-electron chi connectivity index (χ2n) is 3.12. The Hall–Kier alpha value is -2.41. The number of phenols is 1. The highest BCUT2D eigenvalue weighted by atomic mass is 35.5. The van der Waals surface area contributed by atoms with Crippen molar-refractivity contribution in [2.75, 3.05) is 5.73 Å². The van der Waals surface area contributed by atoms with Crippen LogP contribution in [0.5, 0.6) is 11.8 Å². The number of carbonyl (C=O) groups is 1. The van der Waals surface area contributed by atoms with E-state index >= 15 is 0 Å². The van der Waals surface area contributed by atoms with Gasteiger partial charge in [-0.05, 0) is 23.7 Å². The Morgan fingerprint density at radius 2 is 2.17 bits per heavy atom. The lowest BCUT2D eigenvalue weighted by Gasteiger charge is -2.04. The van der Waals surface area contributed by atoms with E-state index in [1.54, 1.807) is 12.1 Å². The Kier molecular flexibility index (Phi) is 2.89. The third-order valence-corrected chi connectivity index (χ3v) is 2.06. The van der Waals surface area contributed by atoms with Crippen molar-refractivity contribution in [1.29, 1.82) is 0 Å². The fraction of sp³-hybridized carbons (Fsp3) is 0. The van der Waals surface area contributed by atoms with Gasteiger partial charge in [0.2, 0.25) is 11.2 Å². The fourth-order valence-electron chi connectivity index (χ4n) is 1.16. The van der Waals surface area contributed by atoms with E-state index in [2.05, 4.69) is 15.0 Å². The molecule has 1 aromatic heterocycles. The van der Waals surface area contributed by atoms with Gasteiger partial charge in [0.25, 0.3) is 0 Å². The molecule has 0 saturated heterocycles. The molecule has 1 aromatic carbocycles. The summed E-state index contributed by atoms with van der Waals surface area (Å²) >= 11 is 5.56. The van der Waals surface area contributed by atoms with E-state index < -0.39 is 5.97 Å². The Morgan fingerprint density at radius 1 is 1.39 bits per heavy atom. The van der Waals surface area contributed by atoms with E-state index in [-0.39, 0.29) is 28.6 Å². The molecule has 0 amide bonds. The Morgan fingerprint density at radius 3 is 2.89 bits per heavy atom. The monoisotopic (exact) mass is 267 g/mol. The van der Waals surface area contributed by atoms with Gasteiger partial charge >= 0.3 is 12.0 Å². The smallest absolute Gasteiger partial charge is 0.349 e. The lowest BCUT2D eigenvalue weighted by molar-refractivity contribution is 0.0716. The SMILES string of the molecule is [2H]Nc1nc(Cl)nc(OC(=O)c2ccccc2O)n1. The van der Waals surface area contributed by atoms with Crippen LogP contribution in [0.2, 0.25) is 6.70 Å². The van der Waals surface area contributed by atoms with E-state index in [0.717, 1.165) is 0 Å². The first-order valence-electron chi connectivity index (χ1n) is 5.19. The molecule has 0 aliphatic heterocycles. The van der Waals surface area contributed by atoms with Crippen molar-refractivity contribution in [3.8, 4) is 11.8 Å². The molecule has 1 heterocycles. The van der Waals surface area contributed by atoms with Gasteiger partial charge < -0.3 is 15.6 Å². The zero-order chi connectivity index (χ0) is 13.8. The predicted octanol–water partition coefficient (Wildman–Crippen LogP) is 1.03. The molecule has 0 aliphatic rings. The minimum absolute atomic E-state index is 0.0422. The first-order chi connectivity index (χ1) is 9.10. The molecule has 0 aliphatic carbocycles. The van der Waals surface area contributed by atoms with Gasteiger partial charge in [0, 0.05) is 0 Å². The van der Waals surface area contributed by atoms with Crippen molar-refractivity contribution in [3.63, 3.8) is 0 Å². The Balaban J connectivity index is 2.24. The van der Waals surface area contributed by atoms with Crippen LogP contribution in [0.25, 0.3) is 0 Å². The summed E-state index contributed by atoms with van der Waals surface area (Å²) in [4.78, 5) is 22.5. The van der Waals surface area contributed by atoms with Crippen LogP contribution in [-0.4, -0.2) is 26.0 Å². The molecule has 0 spiro atoms. The standard InChI is InChI=1S/C10H7ClN4O3/c11-8-13-9(12)15-10(14-8)18-7(17)5-3-1-2-4-6(5)16/h1-4,16H,(H2,12,13,14,15)/i/hD. The first-order valence-corrected chi connectivity index (χ1v) is 5.07. The van der Waals surface area contributed by atoms with Crippen LogP contribution in [0.4, 0.5) is 5.95 Å². The summed E-state index contributed by atoms with van der Waals surface area (Å²) in [6.45, 7) is 0. The van der Waals surface area contributed by atoms with Crippen molar-refractivity contribution >= 4 is 23.5 Å². The number of carbonyl (C=O) groups excluding carboxylic acids is 1. The minimum atomic E-state index is -0.851. The lowest BCUT2D eigenvalue weighted by atomic mass is 10.2. The molecule has 0 saturated carbocycles. The number of benzene rings is 1. The van der Waals surface area contributed by atoms with Gasteiger partial charge in [0.1, 0.15) is 11.3 Å². The minimum Gasteiger partial charge on any atom is -0.507 e. The molecule has 0 bridgehead atoms. The molecule has 2 rings (SSSR count). The van der Waals surface area contributed by atoms with Crippen LogP contribution in [0.15, 0.2) is 24.3 Å². The number of phenolic OH excluding ortho intramolecular Hbond substituents is 1. The lowest BCUT2D eigenvalue weighted by Crippen LogP contribution is -2.12. The number of hydrogen-bond acceptors (Lipinski definition) is 7. The van der Waals surface area contributed by atoms with Gasteiger partial charge in [0.15, 0.2) is 1.41 Å². The first kappa shape index (κ1) is 10.7. The zero-order valence-corrected chi connectivity index (χ0v) is 9.55. The molecule has 8 heteroatoms. The highest BCUT2D eigenvalue weighted by Crippen LogP contribution is 2.18. The van der Waals surface area contributed by atoms with Crippen molar-refractivity contribution in [2.45, 2.75) is 0 Å². The number of esters is 1. The summed E-state index contributed by atoms with van der Waals surface area (Å²) in [7, 11) is 0. The number of rotatable bonds is 3. The van der Waals surface area contributed by atoms with Gasteiger partial charge in [-0.2, -0.15) is 15.0 Å². The molecule has 2 aromatic rings. The summed E-state index contributed by atoms with van der Waals surface area (Å²) in [5.41, 5.74) is 1.85.